The van der Waals surface area contributed by atoms with Crippen LogP contribution in [0, 0.1) is 11.3 Å². The highest BCUT2D eigenvalue weighted by molar-refractivity contribution is 6.31. The molecule has 9 nitrogen and oxygen atoms in total. The Hall–Kier alpha value is -2.86. The third kappa shape index (κ3) is 6.01. The molecule has 1 heterocycles. The number of carbonyl (C=O) groups is 4. The molecule has 4 atom stereocenters. The van der Waals surface area contributed by atoms with E-state index in [1.165, 1.54) is 12.1 Å². The number of hydrogen-bond donors (Lipinski definition) is 5. The predicted octanol–water partition coefficient (Wildman–Crippen LogP) is 2.27. The third-order valence-electron chi connectivity index (χ3n) is 7.03. The number of nitrogens with one attached hydrogen (secondary N) is 4. The smallest absolute Gasteiger partial charge is 0.381 e. The van der Waals surface area contributed by atoms with E-state index in [9.17, 15) is 37.5 Å². The van der Waals surface area contributed by atoms with Crippen LogP contribution in [0.5, 0.6) is 0 Å². The van der Waals surface area contributed by atoms with Gasteiger partial charge in [-0.2, -0.15) is 13.2 Å². The summed E-state index contributed by atoms with van der Waals surface area (Å²) in [5, 5.41) is 21.0. The molecule has 0 radical (unpaired) electrons. The lowest BCUT2D eigenvalue weighted by atomic mass is 9.93. The summed E-state index contributed by atoms with van der Waals surface area (Å²) in [6.07, 6.45) is -5.24. The molecule has 5 N–H and O–H groups in total. The van der Waals surface area contributed by atoms with E-state index < -0.39 is 47.4 Å². The number of benzene rings is 1. The molecule has 2 aliphatic carbocycles. The van der Waals surface area contributed by atoms with Crippen molar-refractivity contribution in [2.24, 2.45) is 11.3 Å². The van der Waals surface area contributed by atoms with Crippen molar-refractivity contribution in [2.75, 3.05) is 5.32 Å². The van der Waals surface area contributed by atoms with Gasteiger partial charge in [-0.15, -0.1) is 0 Å². The molecule has 1 unspecified atom stereocenters. The number of aliphatic hydroxyl groups is 1. The maximum Gasteiger partial charge on any atom is 0.403 e. The molecular formula is C24H28ClF3N4O5. The van der Waals surface area contributed by atoms with Gasteiger partial charge in [0.15, 0.2) is 6.10 Å². The van der Waals surface area contributed by atoms with E-state index in [-0.39, 0.29) is 53.5 Å². The first-order valence-electron chi connectivity index (χ1n) is 12.1. The minimum atomic E-state index is -4.74. The van der Waals surface area contributed by atoms with E-state index >= 15 is 0 Å². The van der Waals surface area contributed by atoms with Crippen LogP contribution in [-0.2, 0) is 14.4 Å². The number of halogens is 4. The van der Waals surface area contributed by atoms with Crippen molar-refractivity contribution in [1.29, 1.82) is 0 Å². The average molecular weight is 545 g/mol. The summed E-state index contributed by atoms with van der Waals surface area (Å²) in [4.78, 5) is 50.6. The van der Waals surface area contributed by atoms with Crippen molar-refractivity contribution in [2.45, 2.75) is 75.9 Å². The number of rotatable bonds is 9. The maximum absolute atomic E-state index is 13.4. The molecule has 2 saturated carbocycles. The highest BCUT2D eigenvalue weighted by atomic mass is 35.5. The summed E-state index contributed by atoms with van der Waals surface area (Å²) in [6, 6.07) is 2.30. The summed E-state index contributed by atoms with van der Waals surface area (Å²) in [6.45, 7) is 1.80. The Kier molecular flexibility index (Phi) is 7.44. The average Bonchev–Trinajstić information content (AvgIpc) is 3.72. The summed E-state index contributed by atoms with van der Waals surface area (Å²) >= 11 is 6.02. The second-order valence-electron chi connectivity index (χ2n) is 10.1. The van der Waals surface area contributed by atoms with Crippen molar-refractivity contribution in [1.82, 2.24) is 16.0 Å². The number of hydrogen-bond acceptors (Lipinski definition) is 5. The normalized spacial score (nSPS) is 24.0. The van der Waals surface area contributed by atoms with Crippen molar-refractivity contribution >= 4 is 40.9 Å². The molecule has 13 heteroatoms. The van der Waals surface area contributed by atoms with Gasteiger partial charge in [-0.25, -0.2) is 0 Å². The standard InChI is InChI=1S/C24H28ClF3N4O5/c1-11-8-12(19(34)29-11)9-17(18(33)21(36)30-14-3-4-14)31-20(35)15-10-13(25)2-5-16(15)32-22(37)23(6-7-23)24(26,27)28/h2,5,10-12,14,17-18,33H,3-4,6-9H2,1H3,(H,29,34)(H,30,36)(H,31,35)(H,32,37)/t11-,12+,17+,18?/m1/s1. The van der Waals surface area contributed by atoms with Crippen LogP contribution in [0.25, 0.3) is 0 Å². The van der Waals surface area contributed by atoms with Gasteiger partial charge in [0, 0.05) is 23.0 Å². The molecule has 1 aromatic carbocycles. The van der Waals surface area contributed by atoms with E-state index in [0.717, 1.165) is 18.9 Å². The zero-order chi connectivity index (χ0) is 27.1. The van der Waals surface area contributed by atoms with Gasteiger partial charge in [-0.05, 0) is 63.6 Å². The molecule has 4 rings (SSSR count). The zero-order valence-electron chi connectivity index (χ0n) is 20.0. The lowest BCUT2D eigenvalue weighted by molar-refractivity contribution is -0.189. The fraction of sp³-hybridized carbons (Fsp3) is 0.583. The quantitative estimate of drug-likeness (QED) is 0.325. The SMILES string of the molecule is C[C@@H]1C[C@@H](C[C@H](NC(=O)c2cc(Cl)ccc2NC(=O)C2(C(F)(F)F)CC2)C(O)C(=O)NC2CC2)C(=O)N1. The summed E-state index contributed by atoms with van der Waals surface area (Å²) in [7, 11) is 0. The van der Waals surface area contributed by atoms with Crippen molar-refractivity contribution in [3.8, 4) is 0 Å². The van der Waals surface area contributed by atoms with E-state index in [4.69, 9.17) is 11.6 Å². The summed E-state index contributed by atoms with van der Waals surface area (Å²) in [5.41, 5.74) is -2.96. The first kappa shape index (κ1) is 27.2. The van der Waals surface area contributed by atoms with Gasteiger partial charge < -0.3 is 26.4 Å². The highest BCUT2D eigenvalue weighted by Gasteiger charge is 2.68. The number of anilines is 1. The molecule has 0 bridgehead atoms. The first-order chi connectivity index (χ1) is 17.3. The minimum absolute atomic E-state index is 0.0550. The summed E-state index contributed by atoms with van der Waals surface area (Å²) < 4.78 is 40.2. The Labute approximate surface area is 215 Å². The molecule has 0 aromatic heterocycles. The largest absolute Gasteiger partial charge is 0.403 e. The molecule has 1 aromatic rings. The van der Waals surface area contributed by atoms with Crippen LogP contribution in [0.3, 0.4) is 0 Å². The van der Waals surface area contributed by atoms with E-state index in [1.807, 2.05) is 0 Å². The Morgan fingerprint density at radius 1 is 1.24 bits per heavy atom. The second kappa shape index (κ2) is 10.1. The van der Waals surface area contributed by atoms with Crippen molar-refractivity contribution < 1.29 is 37.5 Å². The van der Waals surface area contributed by atoms with Gasteiger partial charge >= 0.3 is 6.18 Å². The molecular weight excluding hydrogens is 517 g/mol. The van der Waals surface area contributed by atoms with E-state index in [2.05, 4.69) is 21.3 Å². The maximum atomic E-state index is 13.4. The second-order valence-corrected chi connectivity index (χ2v) is 10.5. The van der Waals surface area contributed by atoms with Crippen LogP contribution in [0.2, 0.25) is 5.02 Å². The van der Waals surface area contributed by atoms with Crippen LogP contribution in [0.1, 0.15) is 55.8 Å². The third-order valence-corrected chi connectivity index (χ3v) is 7.26. The Bertz CT molecular complexity index is 1110. The number of carbonyl (C=O) groups excluding carboxylic acids is 4. The Morgan fingerprint density at radius 2 is 1.92 bits per heavy atom. The predicted molar refractivity (Wildman–Crippen MR) is 127 cm³/mol. The highest BCUT2D eigenvalue weighted by Crippen LogP contribution is 2.58. The van der Waals surface area contributed by atoms with Crippen LogP contribution < -0.4 is 21.3 Å². The van der Waals surface area contributed by atoms with Crippen LogP contribution in [0.15, 0.2) is 18.2 Å². The lowest BCUT2D eigenvalue weighted by Gasteiger charge is -2.26. The number of aliphatic hydroxyl groups excluding tert-OH is 1. The molecule has 3 fully saturated rings. The Balaban J connectivity index is 1.54. The van der Waals surface area contributed by atoms with Crippen molar-refractivity contribution in [3.63, 3.8) is 0 Å². The monoisotopic (exact) mass is 544 g/mol. The fourth-order valence-electron chi connectivity index (χ4n) is 4.49. The van der Waals surface area contributed by atoms with Crippen LogP contribution in [0.4, 0.5) is 18.9 Å². The molecule has 202 valence electrons. The molecule has 1 aliphatic heterocycles. The van der Waals surface area contributed by atoms with Gasteiger partial charge in [-0.3, -0.25) is 19.2 Å². The summed E-state index contributed by atoms with van der Waals surface area (Å²) in [5.74, 6) is -3.74. The topological polar surface area (TPSA) is 137 Å². The van der Waals surface area contributed by atoms with Crippen molar-refractivity contribution in [3.05, 3.63) is 28.8 Å². The number of amides is 4. The van der Waals surface area contributed by atoms with Crippen LogP contribution >= 0.6 is 11.6 Å². The molecule has 1 saturated heterocycles. The minimum Gasteiger partial charge on any atom is -0.381 e. The number of alkyl halides is 3. The van der Waals surface area contributed by atoms with E-state index in [0.29, 0.717) is 6.42 Å². The van der Waals surface area contributed by atoms with Gasteiger partial charge in [0.25, 0.3) is 11.8 Å². The zero-order valence-corrected chi connectivity index (χ0v) is 20.7. The van der Waals surface area contributed by atoms with Gasteiger partial charge in [0.1, 0.15) is 5.41 Å². The fourth-order valence-corrected chi connectivity index (χ4v) is 4.66. The molecule has 37 heavy (non-hydrogen) atoms. The molecule has 3 aliphatic rings. The van der Waals surface area contributed by atoms with Gasteiger partial charge in [0.2, 0.25) is 11.8 Å². The molecule has 4 amide bonds. The van der Waals surface area contributed by atoms with Crippen LogP contribution in [-0.4, -0.2) is 59.1 Å². The first-order valence-corrected chi connectivity index (χ1v) is 12.5. The van der Waals surface area contributed by atoms with Gasteiger partial charge in [0.05, 0.1) is 17.3 Å². The van der Waals surface area contributed by atoms with Gasteiger partial charge in [-0.1, -0.05) is 11.6 Å². The molecule has 0 spiro atoms. The lowest BCUT2D eigenvalue weighted by Crippen LogP contribution is -2.52. The Morgan fingerprint density at radius 3 is 2.46 bits per heavy atom. The van der Waals surface area contributed by atoms with E-state index in [1.54, 1.807) is 6.92 Å².